The zero-order chi connectivity index (χ0) is 15.4. The van der Waals surface area contributed by atoms with Gasteiger partial charge in [-0.1, -0.05) is 11.6 Å². The van der Waals surface area contributed by atoms with Crippen LogP contribution in [0.2, 0.25) is 5.02 Å². The third-order valence-electron chi connectivity index (χ3n) is 2.83. The number of ether oxygens (including phenoxy) is 1. The number of methoxy groups -OCH3 is 1. The summed E-state index contributed by atoms with van der Waals surface area (Å²) in [6.45, 7) is 1.89. The Kier molecular flexibility index (Phi) is 4.98. The lowest BCUT2D eigenvalue weighted by molar-refractivity contribution is 0.417. The van der Waals surface area contributed by atoms with E-state index >= 15 is 0 Å². The number of halogens is 2. The molecule has 0 heterocycles. The van der Waals surface area contributed by atoms with Crippen LogP contribution in [0.1, 0.15) is 5.56 Å². The van der Waals surface area contributed by atoms with Crippen molar-refractivity contribution >= 4 is 40.3 Å². The summed E-state index contributed by atoms with van der Waals surface area (Å²) < 4.78 is 18.1. The van der Waals surface area contributed by atoms with Gasteiger partial charge < -0.3 is 15.4 Å². The molecule has 2 rings (SSSR count). The van der Waals surface area contributed by atoms with Crippen LogP contribution >= 0.6 is 23.8 Å². The van der Waals surface area contributed by atoms with E-state index in [0.29, 0.717) is 27.3 Å². The van der Waals surface area contributed by atoms with Crippen LogP contribution in [0, 0.1) is 12.7 Å². The normalized spacial score (nSPS) is 10.1. The van der Waals surface area contributed by atoms with Crippen molar-refractivity contribution in [3.63, 3.8) is 0 Å². The summed E-state index contributed by atoms with van der Waals surface area (Å²) in [7, 11) is 1.56. The van der Waals surface area contributed by atoms with Crippen molar-refractivity contribution in [2.75, 3.05) is 17.7 Å². The van der Waals surface area contributed by atoms with Crippen LogP contribution in [0.5, 0.6) is 5.75 Å². The molecule has 6 heteroatoms. The van der Waals surface area contributed by atoms with Crippen LogP contribution in [-0.2, 0) is 0 Å². The SMILES string of the molecule is COc1cc(Cl)c(C)cc1NC(=S)Nc1ccc(F)cc1. The third kappa shape index (κ3) is 4.06. The Hall–Kier alpha value is -1.85. The molecule has 0 radical (unpaired) electrons. The van der Waals surface area contributed by atoms with Gasteiger partial charge in [0.25, 0.3) is 0 Å². The lowest BCUT2D eigenvalue weighted by atomic mass is 10.2. The lowest BCUT2D eigenvalue weighted by Crippen LogP contribution is -2.19. The van der Waals surface area contributed by atoms with E-state index in [-0.39, 0.29) is 5.82 Å². The molecule has 0 spiro atoms. The van der Waals surface area contributed by atoms with Gasteiger partial charge in [-0.3, -0.25) is 0 Å². The first-order chi connectivity index (χ1) is 9.99. The Morgan fingerprint density at radius 2 is 1.86 bits per heavy atom. The molecule has 0 saturated heterocycles. The van der Waals surface area contributed by atoms with E-state index in [1.54, 1.807) is 25.3 Å². The molecule has 21 heavy (non-hydrogen) atoms. The molecule has 0 saturated carbocycles. The fourth-order valence-electron chi connectivity index (χ4n) is 1.75. The van der Waals surface area contributed by atoms with Crippen molar-refractivity contribution in [3.05, 3.63) is 52.8 Å². The highest BCUT2D eigenvalue weighted by Gasteiger charge is 2.08. The van der Waals surface area contributed by atoms with E-state index in [1.807, 2.05) is 13.0 Å². The summed E-state index contributed by atoms with van der Waals surface area (Å²) in [5.74, 6) is 0.295. The molecular weight excluding hydrogens is 311 g/mol. The predicted octanol–water partition coefficient (Wildman–Crippen LogP) is 4.61. The molecule has 3 nitrogen and oxygen atoms in total. The fourth-order valence-corrected chi connectivity index (χ4v) is 2.13. The van der Waals surface area contributed by atoms with E-state index in [9.17, 15) is 4.39 Å². The largest absolute Gasteiger partial charge is 0.495 e. The second kappa shape index (κ2) is 6.74. The highest BCUT2D eigenvalue weighted by Crippen LogP contribution is 2.31. The van der Waals surface area contributed by atoms with Gasteiger partial charge in [-0.2, -0.15) is 0 Å². The molecule has 0 fully saturated rings. The zero-order valence-electron chi connectivity index (χ0n) is 11.5. The number of anilines is 2. The average Bonchev–Trinajstić information content (AvgIpc) is 2.45. The quantitative estimate of drug-likeness (QED) is 0.808. The number of hydrogen-bond acceptors (Lipinski definition) is 2. The summed E-state index contributed by atoms with van der Waals surface area (Å²) in [4.78, 5) is 0. The van der Waals surface area contributed by atoms with Gasteiger partial charge in [0.05, 0.1) is 12.8 Å². The van der Waals surface area contributed by atoms with Crippen LogP contribution in [0.3, 0.4) is 0 Å². The molecule has 110 valence electrons. The molecule has 0 aliphatic carbocycles. The number of benzene rings is 2. The van der Waals surface area contributed by atoms with Crippen molar-refractivity contribution < 1.29 is 9.13 Å². The topological polar surface area (TPSA) is 33.3 Å². The fraction of sp³-hybridized carbons (Fsp3) is 0.133. The van der Waals surface area contributed by atoms with E-state index in [0.717, 1.165) is 5.56 Å². The monoisotopic (exact) mass is 324 g/mol. The lowest BCUT2D eigenvalue weighted by Gasteiger charge is -2.15. The maximum absolute atomic E-state index is 12.8. The molecular formula is C15H14ClFN2OS. The van der Waals surface area contributed by atoms with E-state index in [4.69, 9.17) is 28.6 Å². The number of nitrogens with one attached hydrogen (secondary N) is 2. The summed E-state index contributed by atoms with van der Waals surface area (Å²) in [5.41, 5.74) is 2.31. The van der Waals surface area contributed by atoms with Crippen molar-refractivity contribution in [2.24, 2.45) is 0 Å². The Balaban J connectivity index is 2.12. The molecule has 2 aromatic carbocycles. The smallest absolute Gasteiger partial charge is 0.175 e. The van der Waals surface area contributed by atoms with E-state index in [1.165, 1.54) is 12.1 Å². The maximum atomic E-state index is 12.8. The molecule has 2 aromatic rings. The first-order valence-electron chi connectivity index (χ1n) is 6.17. The van der Waals surface area contributed by atoms with Crippen LogP contribution < -0.4 is 15.4 Å². The van der Waals surface area contributed by atoms with Gasteiger partial charge in [-0.15, -0.1) is 0 Å². The Morgan fingerprint density at radius 3 is 2.48 bits per heavy atom. The molecule has 0 aromatic heterocycles. The standard InChI is InChI=1S/C15H14ClFN2OS/c1-9-7-13(14(20-2)8-12(9)16)19-15(21)18-11-5-3-10(17)4-6-11/h3-8H,1-2H3,(H2,18,19,21). The molecule has 2 N–H and O–H groups in total. The van der Waals surface area contributed by atoms with E-state index in [2.05, 4.69) is 10.6 Å². The number of rotatable bonds is 3. The summed E-state index contributed by atoms with van der Waals surface area (Å²) in [6.07, 6.45) is 0. The van der Waals surface area contributed by atoms with Crippen LogP contribution in [-0.4, -0.2) is 12.2 Å². The molecule has 0 aliphatic rings. The van der Waals surface area contributed by atoms with Gasteiger partial charge >= 0.3 is 0 Å². The second-order valence-corrected chi connectivity index (χ2v) is 5.20. The van der Waals surface area contributed by atoms with Crippen molar-refractivity contribution in [2.45, 2.75) is 6.92 Å². The summed E-state index contributed by atoms with van der Waals surface area (Å²) in [5, 5.41) is 7.00. The van der Waals surface area contributed by atoms with Crippen molar-refractivity contribution in [1.29, 1.82) is 0 Å². The maximum Gasteiger partial charge on any atom is 0.175 e. The van der Waals surface area contributed by atoms with Gasteiger partial charge in [-0.05, 0) is 55.0 Å². The third-order valence-corrected chi connectivity index (χ3v) is 3.44. The average molecular weight is 325 g/mol. The molecule has 0 bridgehead atoms. The Morgan fingerprint density at radius 1 is 1.19 bits per heavy atom. The van der Waals surface area contributed by atoms with Crippen LogP contribution in [0.15, 0.2) is 36.4 Å². The van der Waals surface area contributed by atoms with Crippen LogP contribution in [0.4, 0.5) is 15.8 Å². The van der Waals surface area contributed by atoms with Crippen molar-refractivity contribution in [3.8, 4) is 5.75 Å². The molecule has 0 unspecified atom stereocenters. The van der Waals surface area contributed by atoms with Gasteiger partial charge in [0.15, 0.2) is 5.11 Å². The van der Waals surface area contributed by atoms with Crippen LogP contribution in [0.25, 0.3) is 0 Å². The highest BCUT2D eigenvalue weighted by molar-refractivity contribution is 7.80. The van der Waals surface area contributed by atoms with Crippen molar-refractivity contribution in [1.82, 2.24) is 0 Å². The number of aryl methyl sites for hydroxylation is 1. The first kappa shape index (κ1) is 15.5. The predicted molar refractivity (Wildman–Crippen MR) is 89.0 cm³/mol. The minimum Gasteiger partial charge on any atom is -0.495 e. The number of hydrogen-bond donors (Lipinski definition) is 2. The first-order valence-corrected chi connectivity index (χ1v) is 6.96. The number of thiocarbonyl (C=S) groups is 1. The Bertz CT molecular complexity index is 661. The minimum atomic E-state index is -0.297. The molecule has 0 atom stereocenters. The summed E-state index contributed by atoms with van der Waals surface area (Å²) >= 11 is 11.3. The van der Waals surface area contributed by atoms with Gasteiger partial charge in [0.1, 0.15) is 11.6 Å². The van der Waals surface area contributed by atoms with Gasteiger partial charge in [0, 0.05) is 16.8 Å². The molecule has 0 amide bonds. The summed E-state index contributed by atoms with van der Waals surface area (Å²) in [6, 6.07) is 9.50. The second-order valence-electron chi connectivity index (χ2n) is 4.39. The van der Waals surface area contributed by atoms with E-state index < -0.39 is 0 Å². The van der Waals surface area contributed by atoms with Gasteiger partial charge in [0.2, 0.25) is 0 Å². The Labute approximate surface area is 133 Å². The zero-order valence-corrected chi connectivity index (χ0v) is 13.1. The highest BCUT2D eigenvalue weighted by atomic mass is 35.5. The minimum absolute atomic E-state index is 0.297. The molecule has 0 aliphatic heterocycles. The van der Waals surface area contributed by atoms with Gasteiger partial charge in [-0.25, -0.2) is 4.39 Å².